The molecule has 0 radical (unpaired) electrons. The molecule has 3 heterocycles. The van der Waals surface area contributed by atoms with Gasteiger partial charge in [0.2, 0.25) is 0 Å². The number of hydrogen-bond donors (Lipinski definition) is 0. The van der Waals surface area contributed by atoms with Gasteiger partial charge in [-0.2, -0.15) is 0 Å². The molecule has 0 atom stereocenters. The van der Waals surface area contributed by atoms with E-state index in [9.17, 15) is 9.59 Å². The SMILES string of the molecule is COCC(=O)N1CCCN(C2CCOCC2)CCN(C(=O)c2ccc(OC)c(-n3cccc3)c2)Cc2ccccc21. The third-order valence-electron chi connectivity index (χ3n) is 8.00. The zero-order valence-electron chi connectivity index (χ0n) is 24.0. The summed E-state index contributed by atoms with van der Waals surface area (Å²) in [6, 6.07) is 17.7. The summed E-state index contributed by atoms with van der Waals surface area (Å²) in [6.07, 6.45) is 6.65. The fraction of sp³-hybridized carbons (Fsp3) is 0.438. The van der Waals surface area contributed by atoms with Crippen molar-refractivity contribution >= 4 is 17.5 Å². The van der Waals surface area contributed by atoms with Crippen LogP contribution in [0.25, 0.3) is 5.69 Å². The van der Waals surface area contributed by atoms with Gasteiger partial charge in [0.05, 0.1) is 12.8 Å². The number of aromatic nitrogens is 1. The Morgan fingerprint density at radius 3 is 2.44 bits per heavy atom. The van der Waals surface area contributed by atoms with E-state index in [-0.39, 0.29) is 18.4 Å². The maximum absolute atomic E-state index is 14.2. The molecule has 2 aliphatic rings. The Balaban J connectivity index is 1.50. The molecule has 0 N–H and O–H groups in total. The second-order valence-electron chi connectivity index (χ2n) is 10.5. The van der Waals surface area contributed by atoms with Gasteiger partial charge in [-0.25, -0.2) is 0 Å². The number of nitrogens with zero attached hydrogens (tertiary/aromatic N) is 4. The lowest BCUT2D eigenvalue weighted by Crippen LogP contribution is -2.45. The van der Waals surface area contributed by atoms with Crippen LogP contribution >= 0.6 is 0 Å². The zero-order chi connectivity index (χ0) is 28.6. The number of hydrogen-bond acceptors (Lipinski definition) is 6. The summed E-state index contributed by atoms with van der Waals surface area (Å²) < 4.78 is 18.4. The molecule has 1 saturated heterocycles. The maximum Gasteiger partial charge on any atom is 0.254 e. The molecule has 0 spiro atoms. The quantitative estimate of drug-likeness (QED) is 0.454. The molecule has 0 saturated carbocycles. The lowest BCUT2D eigenvalue weighted by molar-refractivity contribution is -0.122. The zero-order valence-corrected chi connectivity index (χ0v) is 24.0. The van der Waals surface area contributed by atoms with E-state index in [1.165, 1.54) is 0 Å². The van der Waals surface area contributed by atoms with Gasteiger partial charge >= 0.3 is 0 Å². The predicted molar refractivity (Wildman–Crippen MR) is 158 cm³/mol. The van der Waals surface area contributed by atoms with E-state index in [0.29, 0.717) is 37.0 Å². The maximum atomic E-state index is 14.2. The van der Waals surface area contributed by atoms with Crippen LogP contribution in [0.2, 0.25) is 0 Å². The predicted octanol–water partition coefficient (Wildman–Crippen LogP) is 3.99. The summed E-state index contributed by atoms with van der Waals surface area (Å²) in [5, 5.41) is 0. The van der Waals surface area contributed by atoms with Crippen molar-refractivity contribution in [2.45, 2.75) is 31.8 Å². The van der Waals surface area contributed by atoms with Crippen molar-refractivity contribution in [1.82, 2.24) is 14.4 Å². The van der Waals surface area contributed by atoms with Crippen LogP contribution in [0.15, 0.2) is 67.0 Å². The molecule has 2 amide bonds. The van der Waals surface area contributed by atoms with E-state index in [4.69, 9.17) is 14.2 Å². The van der Waals surface area contributed by atoms with E-state index >= 15 is 0 Å². The van der Waals surface area contributed by atoms with Gasteiger partial charge in [-0.3, -0.25) is 14.5 Å². The van der Waals surface area contributed by atoms with Gasteiger partial charge in [0, 0.05) is 82.7 Å². The summed E-state index contributed by atoms with van der Waals surface area (Å²) in [5.41, 5.74) is 3.16. The molecule has 1 aromatic heterocycles. The number of fused-ring (bicyclic) bond motifs is 1. The molecule has 0 aliphatic carbocycles. The van der Waals surface area contributed by atoms with Crippen LogP contribution in [0.1, 0.15) is 35.2 Å². The van der Waals surface area contributed by atoms with Gasteiger partial charge < -0.3 is 28.6 Å². The smallest absolute Gasteiger partial charge is 0.254 e. The van der Waals surface area contributed by atoms with Crippen LogP contribution in [-0.4, -0.2) is 92.4 Å². The molecule has 9 nitrogen and oxygen atoms in total. The minimum absolute atomic E-state index is 0.00861. The van der Waals surface area contributed by atoms with Crippen LogP contribution in [0.3, 0.4) is 0 Å². The van der Waals surface area contributed by atoms with Crippen LogP contribution in [-0.2, 0) is 20.8 Å². The Labute approximate surface area is 242 Å². The normalized spacial score (nSPS) is 17.5. The first-order valence-corrected chi connectivity index (χ1v) is 14.4. The van der Waals surface area contributed by atoms with Gasteiger partial charge in [0.25, 0.3) is 11.8 Å². The summed E-state index contributed by atoms with van der Waals surface area (Å²) in [4.78, 5) is 33.7. The Kier molecular flexibility index (Phi) is 9.71. The third kappa shape index (κ3) is 6.81. The monoisotopic (exact) mass is 560 g/mol. The van der Waals surface area contributed by atoms with Crippen LogP contribution in [0, 0.1) is 0 Å². The van der Waals surface area contributed by atoms with Crippen molar-refractivity contribution in [3.05, 3.63) is 78.1 Å². The van der Waals surface area contributed by atoms with E-state index in [1.807, 2.05) is 81.4 Å². The first kappa shape index (κ1) is 28.9. The summed E-state index contributed by atoms with van der Waals surface area (Å²) in [7, 11) is 3.18. The molecule has 0 bridgehead atoms. The highest BCUT2D eigenvalue weighted by Crippen LogP contribution is 2.28. The Morgan fingerprint density at radius 2 is 1.68 bits per heavy atom. The fourth-order valence-corrected chi connectivity index (χ4v) is 5.86. The van der Waals surface area contributed by atoms with Gasteiger partial charge in [-0.15, -0.1) is 0 Å². The molecular formula is C32H40N4O5. The lowest BCUT2D eigenvalue weighted by Gasteiger charge is -2.36. The number of para-hydroxylation sites is 1. The molecule has 218 valence electrons. The highest BCUT2D eigenvalue weighted by Gasteiger charge is 2.27. The molecule has 5 rings (SSSR count). The number of benzene rings is 2. The van der Waals surface area contributed by atoms with Gasteiger partial charge in [0.1, 0.15) is 12.4 Å². The number of ether oxygens (including phenoxy) is 3. The fourth-order valence-electron chi connectivity index (χ4n) is 5.86. The Morgan fingerprint density at radius 1 is 0.902 bits per heavy atom. The summed E-state index contributed by atoms with van der Waals surface area (Å²) in [6.45, 7) is 4.65. The Hall–Kier alpha value is -3.66. The van der Waals surface area contributed by atoms with E-state index in [2.05, 4.69) is 4.90 Å². The van der Waals surface area contributed by atoms with E-state index in [0.717, 1.165) is 62.5 Å². The van der Waals surface area contributed by atoms with Crippen molar-refractivity contribution in [2.75, 3.05) is 65.1 Å². The third-order valence-corrected chi connectivity index (χ3v) is 8.00. The van der Waals surface area contributed by atoms with Crippen molar-refractivity contribution in [3.8, 4) is 11.4 Å². The molecule has 9 heteroatoms. The van der Waals surface area contributed by atoms with Crippen LogP contribution in [0.5, 0.6) is 5.75 Å². The Bertz CT molecular complexity index is 1310. The van der Waals surface area contributed by atoms with Gasteiger partial charge in [-0.1, -0.05) is 18.2 Å². The minimum Gasteiger partial charge on any atom is -0.495 e. The first-order valence-electron chi connectivity index (χ1n) is 14.4. The van der Waals surface area contributed by atoms with Gasteiger partial charge in [0.15, 0.2) is 0 Å². The number of amides is 2. The van der Waals surface area contributed by atoms with Crippen molar-refractivity contribution in [3.63, 3.8) is 0 Å². The molecular weight excluding hydrogens is 520 g/mol. The average molecular weight is 561 g/mol. The summed E-state index contributed by atoms with van der Waals surface area (Å²) >= 11 is 0. The first-order chi connectivity index (χ1) is 20.1. The highest BCUT2D eigenvalue weighted by atomic mass is 16.5. The second-order valence-corrected chi connectivity index (χ2v) is 10.5. The highest BCUT2D eigenvalue weighted by molar-refractivity contribution is 5.96. The molecule has 0 unspecified atom stereocenters. The topological polar surface area (TPSA) is 76.5 Å². The molecule has 2 aliphatic heterocycles. The number of carbonyl (C=O) groups excluding carboxylic acids is 2. The van der Waals surface area contributed by atoms with E-state index in [1.54, 1.807) is 14.2 Å². The average Bonchev–Trinajstić information content (AvgIpc) is 3.54. The molecule has 41 heavy (non-hydrogen) atoms. The van der Waals surface area contributed by atoms with Crippen LogP contribution in [0.4, 0.5) is 5.69 Å². The van der Waals surface area contributed by atoms with Crippen molar-refractivity contribution in [1.29, 1.82) is 0 Å². The number of carbonyl (C=O) groups is 2. The number of rotatable bonds is 6. The largest absolute Gasteiger partial charge is 0.495 e. The van der Waals surface area contributed by atoms with Gasteiger partial charge in [-0.05, 0) is 61.2 Å². The van der Waals surface area contributed by atoms with Crippen molar-refractivity contribution < 1.29 is 23.8 Å². The number of anilines is 1. The van der Waals surface area contributed by atoms with E-state index < -0.39 is 0 Å². The standard InChI is InChI=1S/C32H40N4O5/c1-39-24-31(37)36-17-7-16-33(27-12-20-41-21-13-27)18-19-35(23-26-8-3-4-9-28(26)36)32(38)25-10-11-30(40-2)29(22-25)34-14-5-6-15-34/h3-6,8-11,14-15,22,27H,7,12-13,16-21,23-24H2,1-2H3. The number of methoxy groups -OCH3 is 2. The van der Waals surface area contributed by atoms with Crippen LogP contribution < -0.4 is 9.64 Å². The van der Waals surface area contributed by atoms with Crippen molar-refractivity contribution in [2.24, 2.45) is 0 Å². The molecule has 1 fully saturated rings. The summed E-state index contributed by atoms with van der Waals surface area (Å²) in [5.74, 6) is 0.552. The second kappa shape index (κ2) is 13.8. The minimum atomic E-state index is -0.0822. The molecule has 2 aromatic carbocycles. The lowest BCUT2D eigenvalue weighted by atomic mass is 10.1. The molecule has 3 aromatic rings.